The van der Waals surface area contributed by atoms with Gasteiger partial charge in [0.25, 0.3) is 0 Å². The van der Waals surface area contributed by atoms with E-state index in [-0.39, 0.29) is 0 Å². The van der Waals surface area contributed by atoms with Crippen LogP contribution in [0.3, 0.4) is 0 Å². The summed E-state index contributed by atoms with van der Waals surface area (Å²) in [6.07, 6.45) is 13.6. The fourth-order valence-electron chi connectivity index (χ4n) is 3.44. The van der Waals surface area contributed by atoms with E-state index in [2.05, 4.69) is 39.1 Å². The van der Waals surface area contributed by atoms with Gasteiger partial charge in [-0.25, -0.2) is 0 Å². The third kappa shape index (κ3) is 3.28. The maximum atomic E-state index is 3.67. The van der Waals surface area contributed by atoms with Gasteiger partial charge in [0.1, 0.15) is 0 Å². The molecule has 0 aliphatic heterocycles. The molecule has 1 heterocycles. The minimum Gasteiger partial charge on any atom is -0.358 e. The molecule has 3 rings (SSSR count). The Bertz CT molecular complexity index is 570. The van der Waals surface area contributed by atoms with Gasteiger partial charge in [-0.15, -0.1) is 0 Å². The second kappa shape index (κ2) is 6.80. The Hall–Kier alpha value is -0.760. The van der Waals surface area contributed by atoms with Gasteiger partial charge in [0, 0.05) is 21.1 Å². The van der Waals surface area contributed by atoms with Crippen molar-refractivity contribution in [2.24, 2.45) is 0 Å². The van der Waals surface area contributed by atoms with E-state index in [1.165, 1.54) is 85.3 Å². The lowest BCUT2D eigenvalue weighted by Crippen LogP contribution is -1.95. The fraction of sp³-hybridized carbons (Fsp3) is 0.556. The molecule has 0 saturated carbocycles. The Morgan fingerprint density at radius 2 is 1.45 bits per heavy atom. The van der Waals surface area contributed by atoms with Crippen molar-refractivity contribution in [3.63, 3.8) is 0 Å². The number of rotatable bonds is 0. The van der Waals surface area contributed by atoms with Crippen LogP contribution in [0.15, 0.2) is 22.7 Å². The fourth-order valence-corrected chi connectivity index (χ4v) is 3.80. The molecule has 0 atom stereocenters. The van der Waals surface area contributed by atoms with Crippen LogP contribution >= 0.6 is 15.9 Å². The number of aromatic nitrogens is 1. The summed E-state index contributed by atoms with van der Waals surface area (Å²) in [6.45, 7) is 0. The first-order valence-electron chi connectivity index (χ1n) is 8.13. The Morgan fingerprint density at radius 3 is 2.20 bits per heavy atom. The molecular formula is C18H24BrN. The molecule has 0 amide bonds. The first-order valence-corrected chi connectivity index (χ1v) is 8.93. The summed E-state index contributed by atoms with van der Waals surface area (Å²) >= 11 is 3.62. The summed E-state index contributed by atoms with van der Waals surface area (Å²) in [6, 6.07) is 6.64. The second-order valence-electron chi connectivity index (χ2n) is 6.10. The molecule has 20 heavy (non-hydrogen) atoms. The van der Waals surface area contributed by atoms with E-state index in [9.17, 15) is 0 Å². The van der Waals surface area contributed by atoms with Gasteiger partial charge in [0.05, 0.1) is 0 Å². The average Bonchev–Trinajstić information content (AvgIpc) is 2.76. The summed E-state index contributed by atoms with van der Waals surface area (Å²) in [4.78, 5) is 3.67. The van der Waals surface area contributed by atoms with Gasteiger partial charge in [-0.05, 0) is 49.4 Å². The zero-order valence-corrected chi connectivity index (χ0v) is 13.8. The minimum absolute atomic E-state index is 1.19. The topological polar surface area (TPSA) is 15.8 Å². The van der Waals surface area contributed by atoms with Crippen LogP contribution in [-0.4, -0.2) is 4.98 Å². The number of benzene rings is 1. The lowest BCUT2D eigenvalue weighted by Gasteiger charge is -2.08. The normalized spacial score (nSPS) is 18.2. The van der Waals surface area contributed by atoms with Gasteiger partial charge in [-0.3, -0.25) is 0 Å². The van der Waals surface area contributed by atoms with Gasteiger partial charge < -0.3 is 4.98 Å². The maximum Gasteiger partial charge on any atom is 0.0459 e. The molecule has 1 aliphatic carbocycles. The van der Waals surface area contributed by atoms with Gasteiger partial charge in [0.2, 0.25) is 0 Å². The van der Waals surface area contributed by atoms with Crippen LogP contribution in [-0.2, 0) is 12.8 Å². The Morgan fingerprint density at radius 1 is 0.800 bits per heavy atom. The minimum atomic E-state index is 1.19. The van der Waals surface area contributed by atoms with E-state index in [4.69, 9.17) is 0 Å². The summed E-state index contributed by atoms with van der Waals surface area (Å²) < 4.78 is 1.19. The van der Waals surface area contributed by atoms with Crippen LogP contribution in [0.25, 0.3) is 10.9 Å². The molecule has 0 saturated heterocycles. The average molecular weight is 334 g/mol. The Balaban J connectivity index is 1.91. The van der Waals surface area contributed by atoms with E-state index < -0.39 is 0 Å². The van der Waals surface area contributed by atoms with Crippen LogP contribution < -0.4 is 0 Å². The SMILES string of the molecule is Brc1ccc2[nH]c3c(c2c1)CCCCCCCCCC3. The highest BCUT2D eigenvalue weighted by Gasteiger charge is 2.12. The van der Waals surface area contributed by atoms with Crippen LogP contribution in [0.5, 0.6) is 0 Å². The van der Waals surface area contributed by atoms with Gasteiger partial charge in [-0.2, -0.15) is 0 Å². The van der Waals surface area contributed by atoms with Crippen molar-refractivity contribution in [2.75, 3.05) is 0 Å². The largest absolute Gasteiger partial charge is 0.358 e. The lowest BCUT2D eigenvalue weighted by molar-refractivity contribution is 0.559. The summed E-state index contributed by atoms with van der Waals surface area (Å²) in [7, 11) is 0. The number of halogens is 1. The first-order chi connectivity index (χ1) is 9.84. The van der Waals surface area contributed by atoms with Crippen molar-refractivity contribution in [1.29, 1.82) is 0 Å². The highest BCUT2D eigenvalue weighted by atomic mass is 79.9. The van der Waals surface area contributed by atoms with Crippen molar-refractivity contribution in [3.8, 4) is 0 Å². The van der Waals surface area contributed by atoms with Crippen LogP contribution in [0.2, 0.25) is 0 Å². The predicted molar refractivity (Wildman–Crippen MR) is 90.3 cm³/mol. The van der Waals surface area contributed by atoms with Crippen LogP contribution in [0.4, 0.5) is 0 Å². The van der Waals surface area contributed by atoms with Crippen molar-refractivity contribution in [3.05, 3.63) is 33.9 Å². The molecule has 0 unspecified atom stereocenters. The Kier molecular flexibility index (Phi) is 4.82. The van der Waals surface area contributed by atoms with E-state index in [0.29, 0.717) is 0 Å². The Labute approximate surface area is 130 Å². The van der Waals surface area contributed by atoms with Crippen molar-refractivity contribution in [1.82, 2.24) is 4.98 Å². The molecule has 2 aromatic rings. The lowest BCUT2D eigenvalue weighted by atomic mass is 9.98. The molecule has 1 aromatic heterocycles. The number of H-pyrrole nitrogens is 1. The third-order valence-corrected chi connectivity index (χ3v) is 5.05. The molecule has 0 radical (unpaired) electrons. The monoisotopic (exact) mass is 333 g/mol. The highest BCUT2D eigenvalue weighted by molar-refractivity contribution is 9.10. The molecular weight excluding hydrogens is 310 g/mol. The van der Waals surface area contributed by atoms with E-state index in [1.807, 2.05) is 0 Å². The third-order valence-electron chi connectivity index (χ3n) is 4.56. The number of fused-ring (bicyclic) bond motifs is 3. The van der Waals surface area contributed by atoms with Crippen LogP contribution in [0.1, 0.15) is 62.6 Å². The molecule has 1 aromatic carbocycles. The molecule has 1 nitrogen and oxygen atoms in total. The molecule has 0 fully saturated rings. The summed E-state index contributed by atoms with van der Waals surface area (Å²) in [5, 5.41) is 1.44. The molecule has 1 aliphatic rings. The van der Waals surface area contributed by atoms with E-state index >= 15 is 0 Å². The van der Waals surface area contributed by atoms with Gasteiger partial charge in [0.15, 0.2) is 0 Å². The van der Waals surface area contributed by atoms with Gasteiger partial charge >= 0.3 is 0 Å². The number of hydrogen-bond donors (Lipinski definition) is 1. The van der Waals surface area contributed by atoms with Crippen molar-refractivity contribution < 1.29 is 0 Å². The summed E-state index contributed by atoms with van der Waals surface area (Å²) in [5.41, 5.74) is 4.40. The molecule has 2 heteroatoms. The number of nitrogens with one attached hydrogen (secondary N) is 1. The quantitative estimate of drug-likeness (QED) is 0.595. The molecule has 1 N–H and O–H groups in total. The molecule has 0 spiro atoms. The number of hydrogen-bond acceptors (Lipinski definition) is 0. The standard InChI is InChI=1S/C18H24BrN/c19-14-11-12-18-16(13-14)15-9-7-5-3-1-2-4-6-8-10-17(15)20-18/h11-13,20H,1-10H2. The van der Waals surface area contributed by atoms with E-state index in [0.717, 1.165) is 0 Å². The molecule has 0 bridgehead atoms. The predicted octanol–water partition coefficient (Wildman–Crippen LogP) is 6.15. The first kappa shape index (κ1) is 14.2. The zero-order chi connectivity index (χ0) is 13.8. The smallest absolute Gasteiger partial charge is 0.0459 e. The maximum absolute atomic E-state index is 3.67. The van der Waals surface area contributed by atoms with E-state index in [1.54, 1.807) is 5.56 Å². The van der Waals surface area contributed by atoms with Crippen LogP contribution in [0, 0.1) is 0 Å². The summed E-state index contributed by atoms with van der Waals surface area (Å²) in [5.74, 6) is 0. The zero-order valence-electron chi connectivity index (χ0n) is 12.2. The number of aromatic amines is 1. The number of aryl methyl sites for hydroxylation is 2. The molecule has 108 valence electrons. The van der Waals surface area contributed by atoms with Gasteiger partial charge in [-0.1, -0.05) is 54.5 Å². The second-order valence-corrected chi connectivity index (χ2v) is 7.02. The van der Waals surface area contributed by atoms with Crippen molar-refractivity contribution in [2.45, 2.75) is 64.2 Å². The van der Waals surface area contributed by atoms with Crippen molar-refractivity contribution >= 4 is 26.8 Å². The highest BCUT2D eigenvalue weighted by Crippen LogP contribution is 2.29.